The minimum atomic E-state index is -0.343. The van der Waals surface area contributed by atoms with Crippen LogP contribution in [0.25, 0.3) is 33.5 Å². The van der Waals surface area contributed by atoms with Gasteiger partial charge in [0.25, 0.3) is 5.56 Å². The van der Waals surface area contributed by atoms with Crippen LogP contribution in [0, 0.1) is 11.3 Å². The fraction of sp³-hybridized carbons (Fsp3) is 0.111. The summed E-state index contributed by atoms with van der Waals surface area (Å²) in [5, 5.41) is 15.0. The number of furan rings is 1. The normalized spacial score (nSPS) is 11.2. The summed E-state index contributed by atoms with van der Waals surface area (Å²) >= 11 is 6.13. The van der Waals surface area contributed by atoms with E-state index in [1.165, 1.54) is 10.9 Å². The molecule has 2 aromatic heterocycles. The van der Waals surface area contributed by atoms with Crippen molar-refractivity contribution in [3.8, 4) is 29.2 Å². The molecule has 5 rings (SSSR count). The Morgan fingerprint density at radius 2 is 1.97 bits per heavy atom. The Morgan fingerprint density at radius 1 is 1.11 bits per heavy atom. The first kappa shape index (κ1) is 23.1. The van der Waals surface area contributed by atoms with Crippen molar-refractivity contribution in [3.05, 3.63) is 87.7 Å². The summed E-state index contributed by atoms with van der Waals surface area (Å²) in [6.45, 7) is 2.16. The zero-order valence-electron chi connectivity index (χ0n) is 19.1. The Bertz CT molecular complexity index is 1720. The highest BCUT2D eigenvalue weighted by Gasteiger charge is 2.17. The summed E-state index contributed by atoms with van der Waals surface area (Å²) in [5.41, 5.74) is 1.45. The molecule has 8 nitrogen and oxygen atoms in total. The molecule has 0 aliphatic carbocycles. The maximum atomic E-state index is 13.4. The molecule has 0 amide bonds. The van der Waals surface area contributed by atoms with Gasteiger partial charge in [-0.05, 0) is 67.1 Å². The molecule has 178 valence electrons. The van der Waals surface area contributed by atoms with Crippen molar-refractivity contribution in [1.82, 2.24) is 9.66 Å². The highest BCUT2D eigenvalue weighted by Crippen LogP contribution is 2.30. The lowest BCUT2D eigenvalue weighted by molar-refractivity contribution is 0.298. The summed E-state index contributed by atoms with van der Waals surface area (Å²) in [5.74, 6) is 1.54. The monoisotopic (exact) mass is 498 g/mol. The predicted octanol–water partition coefficient (Wildman–Crippen LogP) is 5.65. The van der Waals surface area contributed by atoms with E-state index in [1.807, 2.05) is 19.1 Å². The van der Waals surface area contributed by atoms with Gasteiger partial charge in [0.2, 0.25) is 5.82 Å². The van der Waals surface area contributed by atoms with E-state index in [-0.39, 0.29) is 18.0 Å². The van der Waals surface area contributed by atoms with E-state index in [0.29, 0.717) is 50.9 Å². The molecule has 36 heavy (non-hydrogen) atoms. The third kappa shape index (κ3) is 4.52. The molecule has 0 unspecified atom stereocenters. The second-order valence-corrected chi connectivity index (χ2v) is 8.13. The van der Waals surface area contributed by atoms with E-state index in [9.17, 15) is 4.79 Å². The van der Waals surface area contributed by atoms with E-state index in [1.54, 1.807) is 60.7 Å². The Balaban J connectivity index is 1.63. The van der Waals surface area contributed by atoms with Gasteiger partial charge in [-0.15, -0.1) is 0 Å². The summed E-state index contributed by atoms with van der Waals surface area (Å²) < 4.78 is 18.3. The molecule has 0 saturated carbocycles. The van der Waals surface area contributed by atoms with Crippen LogP contribution in [0.2, 0.25) is 5.02 Å². The fourth-order valence-electron chi connectivity index (χ4n) is 3.74. The molecule has 0 N–H and O–H groups in total. The third-order valence-electron chi connectivity index (χ3n) is 5.33. The molecule has 0 spiro atoms. The van der Waals surface area contributed by atoms with Gasteiger partial charge >= 0.3 is 0 Å². The zero-order chi connectivity index (χ0) is 25.1. The third-order valence-corrected chi connectivity index (χ3v) is 5.57. The van der Waals surface area contributed by atoms with Gasteiger partial charge in [-0.2, -0.15) is 15.0 Å². The number of rotatable bonds is 7. The number of halogens is 1. The molecule has 0 bridgehead atoms. The molecular formula is C27H19ClN4O4. The molecule has 0 aliphatic heterocycles. The second-order valence-electron chi connectivity index (χ2n) is 7.69. The van der Waals surface area contributed by atoms with E-state index < -0.39 is 0 Å². The molecule has 0 saturated heterocycles. The van der Waals surface area contributed by atoms with Crippen LogP contribution < -0.4 is 15.0 Å². The van der Waals surface area contributed by atoms with Crippen molar-refractivity contribution in [2.45, 2.75) is 6.92 Å². The number of aromatic nitrogens is 2. The highest BCUT2D eigenvalue weighted by molar-refractivity contribution is 6.31. The predicted molar refractivity (Wildman–Crippen MR) is 138 cm³/mol. The number of hydrogen-bond acceptors (Lipinski definition) is 7. The molecule has 0 atom stereocenters. The number of nitriles is 1. The van der Waals surface area contributed by atoms with E-state index in [0.717, 1.165) is 5.39 Å². The van der Waals surface area contributed by atoms with Gasteiger partial charge in [-0.3, -0.25) is 4.79 Å². The van der Waals surface area contributed by atoms with Crippen LogP contribution in [-0.4, -0.2) is 29.1 Å². The first-order valence-electron chi connectivity index (χ1n) is 11.1. The van der Waals surface area contributed by atoms with Crippen LogP contribution >= 0.6 is 11.6 Å². The summed E-state index contributed by atoms with van der Waals surface area (Å²) in [6.07, 6.45) is 1.53. The van der Waals surface area contributed by atoms with Crippen molar-refractivity contribution in [2.24, 2.45) is 5.10 Å². The number of para-hydroxylation sites is 1. The lowest BCUT2D eigenvalue weighted by Crippen LogP contribution is -2.20. The minimum absolute atomic E-state index is 0.0995. The average molecular weight is 499 g/mol. The van der Waals surface area contributed by atoms with Crippen molar-refractivity contribution in [3.63, 3.8) is 0 Å². The van der Waals surface area contributed by atoms with Gasteiger partial charge in [-0.1, -0.05) is 23.7 Å². The quantitative estimate of drug-likeness (QED) is 0.269. The Kier molecular flexibility index (Phi) is 6.39. The number of benzene rings is 3. The molecule has 5 aromatic rings. The van der Waals surface area contributed by atoms with Gasteiger partial charge in [0.05, 0.1) is 23.7 Å². The lowest BCUT2D eigenvalue weighted by Gasteiger charge is -2.11. The van der Waals surface area contributed by atoms with Gasteiger partial charge in [0.15, 0.2) is 23.9 Å². The van der Waals surface area contributed by atoms with Gasteiger partial charge in [0.1, 0.15) is 11.7 Å². The lowest BCUT2D eigenvalue weighted by atomic mass is 10.2. The summed E-state index contributed by atoms with van der Waals surface area (Å²) in [7, 11) is 0. The molecule has 0 fully saturated rings. The molecule has 2 heterocycles. The summed E-state index contributed by atoms with van der Waals surface area (Å²) in [6, 6.07) is 21.2. The molecular weight excluding hydrogens is 480 g/mol. The van der Waals surface area contributed by atoms with Crippen LogP contribution in [0.1, 0.15) is 12.5 Å². The number of hydrogen-bond donors (Lipinski definition) is 0. The van der Waals surface area contributed by atoms with E-state index in [2.05, 4.69) is 10.1 Å². The molecule has 3 aromatic carbocycles. The van der Waals surface area contributed by atoms with Crippen LogP contribution in [0.3, 0.4) is 0 Å². The SMILES string of the molecule is CCOc1cc(C=Nn2c(-c3cc4cc(Cl)ccc4o3)nc3ccccc3c2=O)ccc1OCC#N. The number of ether oxygens (including phenoxy) is 2. The smallest absolute Gasteiger partial charge is 0.282 e. The Morgan fingerprint density at radius 3 is 2.81 bits per heavy atom. The average Bonchev–Trinajstić information content (AvgIpc) is 3.31. The number of nitrogens with zero attached hydrogens (tertiary/aromatic N) is 4. The molecule has 0 aliphatic rings. The summed E-state index contributed by atoms with van der Waals surface area (Å²) in [4.78, 5) is 18.1. The molecule has 0 radical (unpaired) electrons. The Hall–Kier alpha value is -4.61. The van der Waals surface area contributed by atoms with Gasteiger partial charge < -0.3 is 13.9 Å². The minimum Gasteiger partial charge on any atom is -0.490 e. The maximum Gasteiger partial charge on any atom is 0.282 e. The van der Waals surface area contributed by atoms with Crippen LogP contribution in [0.4, 0.5) is 0 Å². The second kappa shape index (κ2) is 9.94. The van der Waals surface area contributed by atoms with Gasteiger partial charge in [-0.25, -0.2) is 4.98 Å². The standard InChI is InChI=1S/C27H19ClN4O4/c1-2-34-24-13-17(7-9-23(24)35-12-11-29)16-30-32-26(31-21-6-4-3-5-20(21)27(32)33)25-15-18-14-19(28)8-10-22(18)36-25/h3-10,13-16H,2,12H2,1H3. The van der Waals surface area contributed by atoms with E-state index >= 15 is 0 Å². The first-order chi connectivity index (χ1) is 17.6. The van der Waals surface area contributed by atoms with Crippen molar-refractivity contribution >= 4 is 39.7 Å². The first-order valence-corrected chi connectivity index (χ1v) is 11.5. The maximum absolute atomic E-state index is 13.4. The fourth-order valence-corrected chi connectivity index (χ4v) is 3.92. The van der Waals surface area contributed by atoms with Crippen LogP contribution in [0.5, 0.6) is 11.5 Å². The van der Waals surface area contributed by atoms with Crippen LogP contribution in [0.15, 0.2) is 81.0 Å². The van der Waals surface area contributed by atoms with Gasteiger partial charge in [0, 0.05) is 10.4 Å². The topological polar surface area (TPSA) is 103 Å². The van der Waals surface area contributed by atoms with Crippen LogP contribution in [-0.2, 0) is 0 Å². The largest absolute Gasteiger partial charge is 0.490 e. The van der Waals surface area contributed by atoms with Crippen molar-refractivity contribution in [1.29, 1.82) is 5.26 Å². The highest BCUT2D eigenvalue weighted by atomic mass is 35.5. The molecule has 9 heteroatoms. The van der Waals surface area contributed by atoms with Crippen molar-refractivity contribution < 1.29 is 13.9 Å². The number of fused-ring (bicyclic) bond motifs is 2. The van der Waals surface area contributed by atoms with E-state index in [4.69, 9.17) is 30.8 Å². The van der Waals surface area contributed by atoms with Crippen molar-refractivity contribution in [2.75, 3.05) is 13.2 Å². The zero-order valence-corrected chi connectivity index (χ0v) is 19.9. The Labute approximate surface area is 210 Å².